The summed E-state index contributed by atoms with van der Waals surface area (Å²) in [5.74, 6) is -0.222. The van der Waals surface area contributed by atoms with Gasteiger partial charge in [-0.2, -0.15) is 9.78 Å². The molecule has 1 N–H and O–H groups in total. The van der Waals surface area contributed by atoms with Crippen molar-refractivity contribution >= 4 is 33.3 Å². The highest BCUT2D eigenvalue weighted by Crippen LogP contribution is 2.17. The van der Waals surface area contributed by atoms with E-state index in [1.807, 2.05) is 24.3 Å². The molecule has 10 nitrogen and oxygen atoms in total. The van der Waals surface area contributed by atoms with Crippen molar-refractivity contribution < 1.29 is 14.5 Å². The monoisotopic (exact) mass is 462 g/mol. The molecule has 0 aliphatic carbocycles. The summed E-state index contributed by atoms with van der Waals surface area (Å²) in [6.45, 7) is 3.86. The Morgan fingerprint density at radius 2 is 2.10 bits per heavy atom. The summed E-state index contributed by atoms with van der Waals surface area (Å²) in [7, 11) is 0. The van der Waals surface area contributed by atoms with Crippen molar-refractivity contribution in [1.82, 2.24) is 19.6 Å². The Labute approximate surface area is 174 Å². The number of hydrogen-bond acceptors (Lipinski definition) is 6. The Hall–Kier alpha value is -3.21. The number of carbonyl (C=O) groups excluding carboxylic acids is 1. The minimum atomic E-state index is -0.557. The van der Waals surface area contributed by atoms with E-state index in [1.54, 1.807) is 24.7 Å². The highest BCUT2D eigenvalue weighted by Gasteiger charge is 2.21. The van der Waals surface area contributed by atoms with Crippen LogP contribution in [0.4, 0.5) is 11.5 Å². The van der Waals surface area contributed by atoms with Gasteiger partial charge < -0.3 is 20.2 Å². The van der Waals surface area contributed by atoms with Gasteiger partial charge in [0.15, 0.2) is 6.73 Å². The van der Waals surface area contributed by atoms with E-state index in [-0.39, 0.29) is 25.0 Å². The number of hydrogen-bond donors (Lipinski definition) is 1. The van der Waals surface area contributed by atoms with Gasteiger partial charge in [0.2, 0.25) is 5.91 Å². The minimum absolute atomic E-state index is 0.198. The van der Waals surface area contributed by atoms with Crippen molar-refractivity contribution in [2.24, 2.45) is 5.92 Å². The van der Waals surface area contributed by atoms with Crippen LogP contribution in [-0.4, -0.2) is 30.4 Å². The van der Waals surface area contributed by atoms with Gasteiger partial charge in [-0.1, -0.05) is 22.9 Å². The highest BCUT2D eigenvalue weighted by molar-refractivity contribution is 9.10. The molecule has 29 heavy (non-hydrogen) atoms. The third kappa shape index (κ3) is 5.41. The number of rotatable bonds is 8. The second kappa shape index (κ2) is 8.86. The molecule has 1 unspecified atom stereocenters. The van der Waals surface area contributed by atoms with Gasteiger partial charge >= 0.3 is 5.82 Å². The summed E-state index contributed by atoms with van der Waals surface area (Å²) in [5, 5.41) is 21.7. The molecule has 0 saturated heterocycles. The lowest BCUT2D eigenvalue weighted by molar-refractivity contribution is -0.389. The maximum atomic E-state index is 12.4. The van der Waals surface area contributed by atoms with Crippen molar-refractivity contribution in [3.8, 4) is 5.75 Å². The number of ether oxygens (including phenoxy) is 1. The van der Waals surface area contributed by atoms with Gasteiger partial charge in [-0.3, -0.25) is 4.79 Å². The third-order valence-electron chi connectivity index (χ3n) is 4.13. The summed E-state index contributed by atoms with van der Waals surface area (Å²) < 4.78 is 9.60. The van der Waals surface area contributed by atoms with Crippen LogP contribution in [0.15, 0.2) is 47.2 Å². The Morgan fingerprint density at radius 1 is 1.38 bits per heavy atom. The molecule has 0 aliphatic rings. The van der Waals surface area contributed by atoms with Crippen LogP contribution >= 0.6 is 15.9 Å². The van der Waals surface area contributed by atoms with Gasteiger partial charge in [0.05, 0.1) is 47.4 Å². The van der Waals surface area contributed by atoms with E-state index in [1.165, 1.54) is 16.9 Å². The molecule has 152 valence electrons. The number of amides is 1. The maximum absolute atomic E-state index is 12.4. The first-order chi connectivity index (χ1) is 13.8. The fourth-order valence-corrected chi connectivity index (χ4v) is 2.81. The standard InChI is InChI=1S/C18H19BrN6O4/c1-12(9-24-13(2)7-17(22-24)25(27)28)18(26)21-15-8-20-23(10-15)11-29-16-5-3-14(19)4-6-16/h3-8,10,12H,9,11H2,1-2H3,(H,21,26). The van der Waals surface area contributed by atoms with Crippen LogP contribution in [-0.2, 0) is 18.1 Å². The van der Waals surface area contributed by atoms with E-state index in [0.717, 1.165) is 4.47 Å². The van der Waals surface area contributed by atoms with Crippen LogP contribution in [0.5, 0.6) is 5.75 Å². The predicted octanol–water partition coefficient (Wildman–Crippen LogP) is 3.37. The molecule has 11 heteroatoms. The van der Waals surface area contributed by atoms with Crippen LogP contribution in [0.3, 0.4) is 0 Å². The van der Waals surface area contributed by atoms with E-state index in [2.05, 4.69) is 31.4 Å². The zero-order valence-electron chi connectivity index (χ0n) is 15.8. The Balaban J connectivity index is 1.53. The Bertz CT molecular complexity index is 1010. The molecule has 0 saturated carbocycles. The normalized spacial score (nSPS) is 11.8. The van der Waals surface area contributed by atoms with Gasteiger partial charge in [0.25, 0.3) is 0 Å². The highest BCUT2D eigenvalue weighted by atomic mass is 79.9. The number of halogens is 1. The number of nitrogens with zero attached hydrogens (tertiary/aromatic N) is 5. The number of anilines is 1. The first kappa shape index (κ1) is 20.5. The van der Waals surface area contributed by atoms with Gasteiger partial charge in [-0.05, 0) is 36.1 Å². The number of nitro groups is 1. The average molecular weight is 463 g/mol. The van der Waals surface area contributed by atoms with Crippen LogP contribution in [0.25, 0.3) is 0 Å². The average Bonchev–Trinajstić information content (AvgIpc) is 3.28. The van der Waals surface area contributed by atoms with Gasteiger partial charge in [0.1, 0.15) is 5.75 Å². The predicted molar refractivity (Wildman–Crippen MR) is 108 cm³/mol. The summed E-state index contributed by atoms with van der Waals surface area (Å²) in [4.78, 5) is 22.7. The molecule has 3 rings (SSSR count). The van der Waals surface area contributed by atoms with Crippen molar-refractivity contribution in [3.63, 3.8) is 0 Å². The number of aromatic nitrogens is 4. The largest absolute Gasteiger partial charge is 0.471 e. The second-order valence-electron chi connectivity index (χ2n) is 6.47. The summed E-state index contributed by atoms with van der Waals surface area (Å²) in [5.41, 5.74) is 1.15. The van der Waals surface area contributed by atoms with Crippen molar-refractivity contribution in [2.45, 2.75) is 27.1 Å². The third-order valence-corrected chi connectivity index (χ3v) is 4.66. The molecule has 0 spiro atoms. The van der Waals surface area contributed by atoms with E-state index in [4.69, 9.17) is 4.74 Å². The quantitative estimate of drug-likeness (QED) is 0.405. The van der Waals surface area contributed by atoms with Crippen molar-refractivity contribution in [3.05, 3.63) is 63.0 Å². The molecular weight excluding hydrogens is 444 g/mol. The molecule has 1 aromatic carbocycles. The van der Waals surface area contributed by atoms with Crippen LogP contribution in [0, 0.1) is 23.0 Å². The number of nitrogens with one attached hydrogen (secondary N) is 1. The van der Waals surface area contributed by atoms with E-state index < -0.39 is 10.8 Å². The van der Waals surface area contributed by atoms with E-state index >= 15 is 0 Å². The summed E-state index contributed by atoms with van der Waals surface area (Å²) in [6.07, 6.45) is 3.19. The van der Waals surface area contributed by atoms with Crippen LogP contribution < -0.4 is 10.1 Å². The molecule has 1 atom stereocenters. The van der Waals surface area contributed by atoms with E-state index in [0.29, 0.717) is 17.1 Å². The van der Waals surface area contributed by atoms with Gasteiger partial charge in [0, 0.05) is 4.47 Å². The summed E-state index contributed by atoms with van der Waals surface area (Å²) in [6, 6.07) is 8.79. The minimum Gasteiger partial charge on any atom is -0.471 e. The molecule has 2 heterocycles. The molecule has 0 radical (unpaired) electrons. The molecule has 3 aromatic rings. The van der Waals surface area contributed by atoms with Gasteiger partial charge in [-0.25, -0.2) is 4.68 Å². The van der Waals surface area contributed by atoms with Crippen molar-refractivity contribution in [1.29, 1.82) is 0 Å². The zero-order chi connectivity index (χ0) is 21.0. The Kier molecular flexibility index (Phi) is 6.27. The van der Waals surface area contributed by atoms with Gasteiger partial charge in [-0.15, -0.1) is 0 Å². The zero-order valence-corrected chi connectivity index (χ0v) is 17.4. The molecule has 2 aromatic heterocycles. The molecule has 0 bridgehead atoms. The lowest BCUT2D eigenvalue weighted by Crippen LogP contribution is -2.25. The lowest BCUT2D eigenvalue weighted by atomic mass is 10.1. The smallest absolute Gasteiger partial charge is 0.390 e. The Morgan fingerprint density at radius 3 is 2.76 bits per heavy atom. The first-order valence-corrected chi connectivity index (χ1v) is 9.51. The fraction of sp³-hybridized carbons (Fsp3) is 0.278. The fourth-order valence-electron chi connectivity index (χ4n) is 2.54. The topological polar surface area (TPSA) is 117 Å². The number of aryl methyl sites for hydroxylation is 1. The molecule has 0 aliphatic heterocycles. The first-order valence-electron chi connectivity index (χ1n) is 8.72. The molecule has 1 amide bonds. The SMILES string of the molecule is Cc1cc([N+](=O)[O-])nn1CC(C)C(=O)Nc1cnn(COc2ccc(Br)cc2)c1. The second-order valence-corrected chi connectivity index (χ2v) is 7.38. The molecule has 0 fully saturated rings. The molecular formula is C18H19BrN6O4. The van der Waals surface area contributed by atoms with Crippen LogP contribution in [0.2, 0.25) is 0 Å². The number of carbonyl (C=O) groups is 1. The van der Waals surface area contributed by atoms with Crippen molar-refractivity contribution in [2.75, 3.05) is 5.32 Å². The lowest BCUT2D eigenvalue weighted by Gasteiger charge is -2.10. The summed E-state index contributed by atoms with van der Waals surface area (Å²) >= 11 is 3.36. The maximum Gasteiger partial charge on any atom is 0.390 e. The van der Waals surface area contributed by atoms with E-state index in [9.17, 15) is 14.9 Å². The number of benzene rings is 1. The van der Waals surface area contributed by atoms with Crippen LogP contribution in [0.1, 0.15) is 12.6 Å².